The van der Waals surface area contributed by atoms with Crippen molar-refractivity contribution in [2.24, 2.45) is 52.3 Å². The monoisotopic (exact) mass is 536 g/mol. The highest BCUT2D eigenvalue weighted by molar-refractivity contribution is 5.69. The molecule has 9 atom stereocenters. The molecule has 2 heteroatoms. The lowest BCUT2D eigenvalue weighted by Gasteiger charge is -2.58. The van der Waals surface area contributed by atoms with E-state index in [2.05, 4.69) is 78.8 Å². The molecule has 0 radical (unpaired) electrons. The molecular weight excluding hydrogens is 476 g/mol. The van der Waals surface area contributed by atoms with Crippen LogP contribution in [0, 0.1) is 52.3 Å². The van der Waals surface area contributed by atoms with Crippen molar-refractivity contribution in [3.05, 3.63) is 36.0 Å². The third kappa shape index (κ3) is 6.62. The molecule has 3 saturated carbocycles. The molecule has 39 heavy (non-hydrogen) atoms. The Kier molecular flexibility index (Phi) is 10.3. The topological polar surface area (TPSA) is 26.3 Å². The number of hydrogen-bond acceptors (Lipinski definition) is 2. The molecule has 4 rings (SSSR count). The van der Waals surface area contributed by atoms with Crippen LogP contribution in [0.4, 0.5) is 0 Å². The predicted molar refractivity (Wildman–Crippen MR) is 165 cm³/mol. The average Bonchev–Trinajstić information content (AvgIpc) is 3.26. The van der Waals surface area contributed by atoms with Gasteiger partial charge in [-0.3, -0.25) is 4.79 Å². The molecule has 0 aliphatic heterocycles. The van der Waals surface area contributed by atoms with Crippen molar-refractivity contribution in [3.63, 3.8) is 0 Å². The number of hydrogen-bond donors (Lipinski definition) is 0. The third-order valence-corrected chi connectivity index (χ3v) is 12.2. The number of rotatable bonds is 11. The summed E-state index contributed by atoms with van der Waals surface area (Å²) in [6.07, 6.45) is 27.1. The van der Waals surface area contributed by atoms with Crippen LogP contribution in [0.3, 0.4) is 0 Å². The Morgan fingerprint density at radius 2 is 1.79 bits per heavy atom. The van der Waals surface area contributed by atoms with Crippen LogP contribution in [0.25, 0.3) is 0 Å². The summed E-state index contributed by atoms with van der Waals surface area (Å²) in [5, 5.41) is 0. The van der Waals surface area contributed by atoms with Crippen LogP contribution >= 0.6 is 0 Å². The van der Waals surface area contributed by atoms with E-state index >= 15 is 0 Å². The lowest BCUT2D eigenvalue weighted by atomic mass is 9.47. The maximum atomic E-state index is 12.6. The maximum Gasteiger partial charge on any atom is 0.306 e. The molecule has 4 aliphatic carbocycles. The van der Waals surface area contributed by atoms with Crippen molar-refractivity contribution < 1.29 is 9.53 Å². The van der Waals surface area contributed by atoms with Crippen molar-refractivity contribution in [2.45, 2.75) is 138 Å². The third-order valence-electron chi connectivity index (χ3n) is 12.2. The fourth-order valence-electron chi connectivity index (χ4n) is 9.40. The van der Waals surface area contributed by atoms with Crippen LogP contribution in [0.1, 0.15) is 132 Å². The lowest BCUT2D eigenvalue weighted by molar-refractivity contribution is -0.151. The largest absolute Gasteiger partial charge is 0.462 e. The molecular formula is C37H60O2. The molecule has 0 spiro atoms. The SMILES string of the molecule is CC/C=C\CCCCC(=O)OC1CCC2(C)C(=CCC3C2CCC2(C)C(C(C)/C=C/C(C)C(C)C)CCC32)C1. The van der Waals surface area contributed by atoms with Crippen molar-refractivity contribution >= 4 is 5.97 Å². The highest BCUT2D eigenvalue weighted by Crippen LogP contribution is 2.67. The summed E-state index contributed by atoms with van der Waals surface area (Å²) in [6, 6.07) is 0. The average molecular weight is 537 g/mol. The minimum absolute atomic E-state index is 0.0220. The van der Waals surface area contributed by atoms with Gasteiger partial charge in [-0.1, -0.05) is 84.4 Å². The minimum atomic E-state index is 0.0220. The molecule has 0 saturated heterocycles. The Morgan fingerprint density at radius 3 is 2.54 bits per heavy atom. The van der Waals surface area contributed by atoms with Gasteiger partial charge in [0, 0.05) is 12.8 Å². The van der Waals surface area contributed by atoms with Crippen LogP contribution in [0.5, 0.6) is 0 Å². The Bertz CT molecular complexity index is 910. The molecule has 0 amide bonds. The summed E-state index contributed by atoms with van der Waals surface area (Å²) in [5.74, 6) is 5.44. The Morgan fingerprint density at radius 1 is 1.00 bits per heavy atom. The molecule has 0 N–H and O–H groups in total. The first-order chi connectivity index (χ1) is 18.6. The fraction of sp³-hybridized carbons (Fsp3) is 0.811. The molecule has 220 valence electrons. The van der Waals surface area contributed by atoms with Crippen molar-refractivity contribution in [2.75, 3.05) is 0 Å². The molecule has 0 aromatic heterocycles. The fourth-order valence-corrected chi connectivity index (χ4v) is 9.40. The van der Waals surface area contributed by atoms with Gasteiger partial charge in [0.1, 0.15) is 6.10 Å². The number of carbonyl (C=O) groups is 1. The predicted octanol–water partition coefficient (Wildman–Crippen LogP) is 10.5. The second-order valence-corrected chi connectivity index (χ2v) is 14.8. The highest BCUT2D eigenvalue weighted by atomic mass is 16.5. The summed E-state index contributed by atoms with van der Waals surface area (Å²) in [6.45, 7) is 16.9. The van der Waals surface area contributed by atoms with Gasteiger partial charge < -0.3 is 4.74 Å². The van der Waals surface area contributed by atoms with E-state index in [1.54, 1.807) is 5.57 Å². The van der Waals surface area contributed by atoms with Gasteiger partial charge in [0.05, 0.1) is 0 Å². The summed E-state index contributed by atoms with van der Waals surface area (Å²) >= 11 is 0. The molecule has 0 heterocycles. The van der Waals surface area contributed by atoms with Gasteiger partial charge in [-0.2, -0.15) is 0 Å². The van der Waals surface area contributed by atoms with Crippen LogP contribution in [-0.2, 0) is 9.53 Å². The summed E-state index contributed by atoms with van der Waals surface area (Å²) < 4.78 is 6.03. The number of esters is 1. The number of fused-ring (bicyclic) bond motifs is 5. The Labute approximate surface area is 241 Å². The van der Waals surface area contributed by atoms with Crippen molar-refractivity contribution in [1.82, 2.24) is 0 Å². The standard InChI is InChI=1S/C37H60O2/c1-8-9-10-11-12-13-14-35(38)39-30-21-23-36(6)29(25-30)17-18-31-33-20-19-32(37(33,7)24-22-34(31)36)28(5)16-15-27(4)26(2)3/h9-10,15-17,26-28,30-34H,8,11-14,18-25H2,1-7H3/b10-9-,16-15+. The first-order valence-electron chi connectivity index (χ1n) is 16.8. The van der Waals surface area contributed by atoms with Gasteiger partial charge >= 0.3 is 5.97 Å². The van der Waals surface area contributed by atoms with E-state index in [9.17, 15) is 4.79 Å². The molecule has 0 bridgehead atoms. The first kappa shape index (κ1) is 30.6. The summed E-state index contributed by atoms with van der Waals surface area (Å²) in [7, 11) is 0. The van der Waals surface area contributed by atoms with Crippen LogP contribution in [-0.4, -0.2) is 12.1 Å². The smallest absolute Gasteiger partial charge is 0.306 e. The van der Waals surface area contributed by atoms with E-state index in [0.717, 1.165) is 68.1 Å². The highest BCUT2D eigenvalue weighted by Gasteiger charge is 2.59. The van der Waals surface area contributed by atoms with Gasteiger partial charge in [-0.15, -0.1) is 0 Å². The molecule has 9 unspecified atom stereocenters. The lowest BCUT2D eigenvalue weighted by Crippen LogP contribution is -2.51. The quantitative estimate of drug-likeness (QED) is 0.149. The normalized spacial score (nSPS) is 37.8. The summed E-state index contributed by atoms with van der Waals surface area (Å²) in [4.78, 5) is 12.6. The molecule has 2 nitrogen and oxygen atoms in total. The Hall–Kier alpha value is -1.31. The number of carbonyl (C=O) groups excluding carboxylic acids is 1. The van der Waals surface area contributed by atoms with E-state index in [4.69, 9.17) is 4.74 Å². The van der Waals surface area contributed by atoms with E-state index in [1.165, 1.54) is 38.5 Å². The molecule has 0 aromatic rings. The zero-order valence-corrected chi connectivity index (χ0v) is 26.5. The molecule has 0 aromatic carbocycles. The number of allylic oxidation sites excluding steroid dienone is 5. The molecule has 3 fully saturated rings. The van der Waals surface area contributed by atoms with E-state index in [1.807, 2.05) is 0 Å². The van der Waals surface area contributed by atoms with E-state index in [0.29, 0.717) is 29.1 Å². The van der Waals surface area contributed by atoms with Gasteiger partial charge in [-0.05, 0) is 123 Å². The van der Waals surface area contributed by atoms with Crippen molar-refractivity contribution in [1.29, 1.82) is 0 Å². The van der Waals surface area contributed by atoms with E-state index in [-0.39, 0.29) is 12.1 Å². The number of ether oxygens (including phenoxy) is 1. The zero-order chi connectivity index (χ0) is 28.2. The summed E-state index contributed by atoms with van der Waals surface area (Å²) in [5.41, 5.74) is 2.43. The van der Waals surface area contributed by atoms with Crippen LogP contribution in [0.2, 0.25) is 0 Å². The zero-order valence-electron chi connectivity index (χ0n) is 26.5. The van der Waals surface area contributed by atoms with Gasteiger partial charge in [0.15, 0.2) is 0 Å². The van der Waals surface area contributed by atoms with Crippen molar-refractivity contribution in [3.8, 4) is 0 Å². The van der Waals surface area contributed by atoms with Gasteiger partial charge in [-0.25, -0.2) is 0 Å². The second kappa shape index (κ2) is 13.1. The Balaban J connectivity index is 1.35. The number of unbranched alkanes of at least 4 members (excludes halogenated alkanes) is 2. The second-order valence-electron chi connectivity index (χ2n) is 14.8. The van der Waals surface area contributed by atoms with Gasteiger partial charge in [0.2, 0.25) is 0 Å². The maximum absolute atomic E-state index is 12.6. The first-order valence-corrected chi connectivity index (χ1v) is 16.8. The minimum Gasteiger partial charge on any atom is -0.462 e. The van der Waals surface area contributed by atoms with E-state index < -0.39 is 0 Å². The molecule has 4 aliphatic rings. The van der Waals surface area contributed by atoms with Crippen LogP contribution < -0.4 is 0 Å². The van der Waals surface area contributed by atoms with Crippen LogP contribution in [0.15, 0.2) is 36.0 Å². The van der Waals surface area contributed by atoms with Gasteiger partial charge in [0.25, 0.3) is 0 Å².